The zero-order valence-electron chi connectivity index (χ0n) is 8.54. The Morgan fingerprint density at radius 3 is 3.00 bits per heavy atom. The van der Waals surface area contributed by atoms with Crippen LogP contribution in [0.25, 0.3) is 0 Å². The molecule has 1 unspecified atom stereocenters. The van der Waals surface area contributed by atoms with Crippen LogP contribution in [0.5, 0.6) is 0 Å². The van der Waals surface area contributed by atoms with Crippen LogP contribution in [-0.4, -0.2) is 19.0 Å². The number of hydrogen-bond acceptors (Lipinski definition) is 1. The number of hydrogen-bond donors (Lipinski definition) is 0. The smallest absolute Gasteiger partial charge is 0.0398 e. The molecular weight excluding hydrogens is 194 g/mol. The van der Waals surface area contributed by atoms with Crippen molar-refractivity contribution in [2.75, 3.05) is 17.8 Å². The first kappa shape index (κ1) is 9.85. The average molecular weight is 210 g/mol. The third-order valence-corrected chi connectivity index (χ3v) is 3.33. The number of nitrogens with zero attached hydrogens (tertiary/aromatic N) is 1. The molecule has 0 aromatic heterocycles. The van der Waals surface area contributed by atoms with Gasteiger partial charge in [-0.25, -0.2) is 0 Å². The Labute approximate surface area is 90.7 Å². The second-order valence-electron chi connectivity index (χ2n) is 3.91. The van der Waals surface area contributed by atoms with Crippen LogP contribution in [-0.2, 0) is 6.42 Å². The summed E-state index contributed by atoms with van der Waals surface area (Å²) < 4.78 is 0. The van der Waals surface area contributed by atoms with Gasteiger partial charge in [0.2, 0.25) is 0 Å². The Kier molecular flexibility index (Phi) is 2.97. The largest absolute Gasteiger partial charge is 0.371 e. The Hall–Kier alpha value is -0.690. The van der Waals surface area contributed by atoms with E-state index in [0.29, 0.717) is 6.04 Å². The Bertz CT molecular complexity index is 311. The zero-order chi connectivity index (χ0) is 9.97. The molecule has 76 valence electrons. The molecule has 1 heterocycles. The molecule has 0 saturated carbocycles. The van der Waals surface area contributed by atoms with Crippen molar-refractivity contribution in [1.29, 1.82) is 0 Å². The van der Waals surface area contributed by atoms with Gasteiger partial charge in [-0.3, -0.25) is 0 Å². The van der Waals surface area contributed by atoms with Gasteiger partial charge in [-0.1, -0.05) is 18.2 Å². The highest BCUT2D eigenvalue weighted by atomic mass is 35.5. The molecule has 14 heavy (non-hydrogen) atoms. The first-order valence-corrected chi connectivity index (χ1v) is 5.73. The van der Waals surface area contributed by atoms with Gasteiger partial charge < -0.3 is 4.90 Å². The minimum atomic E-state index is 0.627. The maximum atomic E-state index is 5.80. The van der Waals surface area contributed by atoms with E-state index in [1.807, 2.05) is 0 Å². The summed E-state index contributed by atoms with van der Waals surface area (Å²) in [7, 11) is 2.18. The van der Waals surface area contributed by atoms with E-state index < -0.39 is 0 Å². The van der Waals surface area contributed by atoms with E-state index in [4.69, 9.17) is 11.6 Å². The maximum absolute atomic E-state index is 5.80. The number of para-hydroxylation sites is 1. The first-order valence-electron chi connectivity index (χ1n) is 5.19. The Morgan fingerprint density at radius 1 is 1.43 bits per heavy atom. The number of alkyl halides is 1. The third kappa shape index (κ3) is 1.74. The Balaban J connectivity index is 2.22. The standard InChI is InChI=1S/C12H16ClN/c1-14-11(8-9-13)7-6-10-4-2-3-5-12(10)14/h2-5,11H,6-9H2,1H3. The number of aryl methyl sites for hydroxylation is 1. The molecule has 0 saturated heterocycles. The zero-order valence-corrected chi connectivity index (χ0v) is 9.30. The Morgan fingerprint density at radius 2 is 2.21 bits per heavy atom. The van der Waals surface area contributed by atoms with Crippen LogP contribution in [0.2, 0.25) is 0 Å². The maximum Gasteiger partial charge on any atom is 0.0398 e. The molecule has 1 atom stereocenters. The molecule has 2 heteroatoms. The van der Waals surface area contributed by atoms with Crippen LogP contribution in [0.4, 0.5) is 5.69 Å². The van der Waals surface area contributed by atoms with Gasteiger partial charge in [-0.15, -0.1) is 11.6 Å². The van der Waals surface area contributed by atoms with Gasteiger partial charge in [0.25, 0.3) is 0 Å². The molecule has 0 spiro atoms. The van der Waals surface area contributed by atoms with Gasteiger partial charge >= 0.3 is 0 Å². The van der Waals surface area contributed by atoms with Crippen molar-refractivity contribution in [2.24, 2.45) is 0 Å². The molecule has 1 aromatic rings. The van der Waals surface area contributed by atoms with Crippen molar-refractivity contribution in [3.8, 4) is 0 Å². The number of fused-ring (bicyclic) bond motifs is 1. The molecule has 0 N–H and O–H groups in total. The summed E-state index contributed by atoms with van der Waals surface area (Å²) in [6.45, 7) is 0. The fraction of sp³-hybridized carbons (Fsp3) is 0.500. The van der Waals surface area contributed by atoms with Crippen LogP contribution in [0.1, 0.15) is 18.4 Å². The van der Waals surface area contributed by atoms with Crippen LogP contribution in [0, 0.1) is 0 Å². The quantitative estimate of drug-likeness (QED) is 0.677. The second kappa shape index (κ2) is 4.22. The van der Waals surface area contributed by atoms with Crippen LogP contribution in [0.3, 0.4) is 0 Å². The summed E-state index contributed by atoms with van der Waals surface area (Å²) in [5.74, 6) is 0.761. The fourth-order valence-corrected chi connectivity index (χ4v) is 2.49. The van der Waals surface area contributed by atoms with Gasteiger partial charge in [-0.2, -0.15) is 0 Å². The number of anilines is 1. The molecular formula is C12H16ClN. The monoisotopic (exact) mass is 209 g/mol. The lowest BCUT2D eigenvalue weighted by Gasteiger charge is -2.35. The van der Waals surface area contributed by atoms with Crippen LogP contribution < -0.4 is 4.90 Å². The van der Waals surface area contributed by atoms with Gasteiger partial charge in [0, 0.05) is 24.7 Å². The van der Waals surface area contributed by atoms with Crippen molar-refractivity contribution in [3.63, 3.8) is 0 Å². The predicted molar refractivity (Wildman–Crippen MR) is 62.3 cm³/mol. The summed E-state index contributed by atoms with van der Waals surface area (Å²) in [5.41, 5.74) is 2.86. The second-order valence-corrected chi connectivity index (χ2v) is 4.29. The van der Waals surface area contributed by atoms with Crippen molar-refractivity contribution in [1.82, 2.24) is 0 Å². The summed E-state index contributed by atoms with van der Waals surface area (Å²) in [6, 6.07) is 9.29. The lowest BCUT2D eigenvalue weighted by atomic mass is 9.95. The van der Waals surface area contributed by atoms with Gasteiger partial charge in [0.15, 0.2) is 0 Å². The van der Waals surface area contributed by atoms with Gasteiger partial charge in [-0.05, 0) is 30.9 Å². The van der Waals surface area contributed by atoms with Crippen molar-refractivity contribution >= 4 is 17.3 Å². The van der Waals surface area contributed by atoms with Crippen molar-refractivity contribution < 1.29 is 0 Å². The van der Waals surface area contributed by atoms with E-state index in [9.17, 15) is 0 Å². The molecule has 0 fully saturated rings. The molecule has 0 aliphatic carbocycles. The van der Waals surface area contributed by atoms with Crippen LogP contribution >= 0.6 is 11.6 Å². The van der Waals surface area contributed by atoms with E-state index in [-0.39, 0.29) is 0 Å². The lowest BCUT2D eigenvalue weighted by Crippen LogP contribution is -2.36. The highest BCUT2D eigenvalue weighted by molar-refractivity contribution is 6.17. The number of rotatable bonds is 2. The molecule has 0 radical (unpaired) electrons. The molecule has 1 aliphatic rings. The summed E-state index contributed by atoms with van der Waals surface area (Å²) in [5, 5.41) is 0. The average Bonchev–Trinajstić information content (AvgIpc) is 2.23. The van der Waals surface area contributed by atoms with E-state index in [1.165, 1.54) is 24.1 Å². The van der Waals surface area contributed by atoms with E-state index in [1.54, 1.807) is 0 Å². The summed E-state index contributed by atoms with van der Waals surface area (Å²) in [6.07, 6.45) is 3.52. The van der Waals surface area contributed by atoms with E-state index in [2.05, 4.69) is 36.2 Å². The molecule has 1 aromatic carbocycles. The first-order chi connectivity index (χ1) is 6.83. The number of halogens is 1. The normalized spacial score (nSPS) is 20.7. The van der Waals surface area contributed by atoms with E-state index in [0.717, 1.165) is 12.3 Å². The molecule has 1 aliphatic heterocycles. The number of benzene rings is 1. The fourth-order valence-electron chi connectivity index (χ4n) is 2.24. The summed E-state index contributed by atoms with van der Waals surface area (Å²) in [4.78, 5) is 2.38. The SMILES string of the molecule is CN1c2ccccc2CCC1CCCl. The van der Waals surface area contributed by atoms with Gasteiger partial charge in [0.05, 0.1) is 0 Å². The van der Waals surface area contributed by atoms with Crippen molar-refractivity contribution in [2.45, 2.75) is 25.3 Å². The summed E-state index contributed by atoms with van der Waals surface area (Å²) >= 11 is 5.80. The molecule has 2 rings (SSSR count). The minimum absolute atomic E-state index is 0.627. The molecule has 1 nitrogen and oxygen atoms in total. The highest BCUT2D eigenvalue weighted by Crippen LogP contribution is 2.30. The van der Waals surface area contributed by atoms with Gasteiger partial charge in [0.1, 0.15) is 0 Å². The van der Waals surface area contributed by atoms with Crippen molar-refractivity contribution in [3.05, 3.63) is 29.8 Å². The minimum Gasteiger partial charge on any atom is -0.371 e. The molecule has 0 bridgehead atoms. The predicted octanol–water partition coefficient (Wildman–Crippen LogP) is 3.07. The third-order valence-electron chi connectivity index (χ3n) is 3.11. The topological polar surface area (TPSA) is 3.24 Å². The molecule has 0 amide bonds. The highest BCUT2D eigenvalue weighted by Gasteiger charge is 2.21. The van der Waals surface area contributed by atoms with E-state index >= 15 is 0 Å². The lowest BCUT2D eigenvalue weighted by molar-refractivity contribution is 0.544. The van der Waals surface area contributed by atoms with Crippen LogP contribution in [0.15, 0.2) is 24.3 Å².